The molecular weight excluding hydrogens is 536 g/mol. The van der Waals surface area contributed by atoms with Gasteiger partial charge in [0.2, 0.25) is 28.8 Å². The number of para-hydroxylation sites is 1. The fraction of sp³-hybridized carbons (Fsp3) is 0. The Morgan fingerprint density at radius 1 is 0.500 bits per heavy atom. The number of phenols is 10. The molecule has 0 bridgehead atoms. The largest absolute Gasteiger partial charge is 0.508 e. The Labute approximate surface area is 222 Å². The Morgan fingerprint density at radius 2 is 1.12 bits per heavy atom. The minimum atomic E-state index is -1.36. The highest BCUT2D eigenvalue weighted by Gasteiger charge is 2.33. The summed E-state index contributed by atoms with van der Waals surface area (Å²) in [6.45, 7) is 0. The molecule has 4 aromatic carbocycles. The Hall–Kier alpha value is -6.18. The molecule has 0 atom stereocenters. The highest BCUT2D eigenvalue weighted by atomic mass is 17.2. The number of hydrogen-bond donors (Lipinski definition) is 10. The molecule has 206 valence electrons. The minimum absolute atomic E-state index is 0.194. The zero-order valence-corrected chi connectivity index (χ0v) is 19.7. The Bertz CT molecular complexity index is 1680. The van der Waals surface area contributed by atoms with Crippen molar-refractivity contribution in [2.75, 3.05) is 0 Å². The lowest BCUT2D eigenvalue weighted by Crippen LogP contribution is -2.10. The first-order valence-corrected chi connectivity index (χ1v) is 10.9. The van der Waals surface area contributed by atoms with Crippen molar-refractivity contribution in [3.8, 4) is 69.0 Å². The topological polar surface area (TPSA) is 255 Å². The number of rotatable bonds is 7. The van der Waals surface area contributed by atoms with Crippen molar-refractivity contribution in [2.24, 2.45) is 0 Å². The molecule has 0 saturated carbocycles. The van der Waals surface area contributed by atoms with Crippen LogP contribution in [0.3, 0.4) is 0 Å². The van der Waals surface area contributed by atoms with Crippen LogP contribution in [0.2, 0.25) is 0 Å². The summed E-state index contributed by atoms with van der Waals surface area (Å²) in [7, 11) is 0. The van der Waals surface area contributed by atoms with Crippen molar-refractivity contribution in [3.63, 3.8) is 0 Å². The second-order valence-corrected chi connectivity index (χ2v) is 8.11. The number of aromatic hydroxyl groups is 10. The summed E-state index contributed by atoms with van der Waals surface area (Å²) < 4.78 is 0. The third-order valence-corrected chi connectivity index (χ3v) is 5.62. The monoisotopic (exact) mass is 554 g/mol. The molecule has 10 N–H and O–H groups in total. The van der Waals surface area contributed by atoms with Crippen LogP contribution in [0.25, 0.3) is 0 Å². The molecule has 0 aromatic heterocycles. The third-order valence-electron chi connectivity index (χ3n) is 5.62. The lowest BCUT2D eigenvalue weighted by atomic mass is 9.99. The lowest BCUT2D eigenvalue weighted by molar-refractivity contribution is -0.106. The SMILES string of the molecule is O=C(c1ccc(O)cc1)c1c(O)c(O)c(O)c(OOc2c(O)cc(O)c(O)c2C(=O)c2cccc(O)c2O)c1O. The van der Waals surface area contributed by atoms with Gasteiger partial charge in [0.05, 0.1) is 5.56 Å². The van der Waals surface area contributed by atoms with Crippen LogP contribution >= 0.6 is 0 Å². The van der Waals surface area contributed by atoms with Gasteiger partial charge in [-0.3, -0.25) is 19.4 Å². The van der Waals surface area contributed by atoms with Gasteiger partial charge in [0.25, 0.3) is 5.75 Å². The summed E-state index contributed by atoms with van der Waals surface area (Å²) in [6, 6.07) is 8.18. The summed E-state index contributed by atoms with van der Waals surface area (Å²) in [4.78, 5) is 35.7. The molecule has 0 fully saturated rings. The summed E-state index contributed by atoms with van der Waals surface area (Å²) >= 11 is 0. The van der Waals surface area contributed by atoms with Gasteiger partial charge in [-0.2, -0.15) is 0 Å². The average Bonchev–Trinajstić information content (AvgIpc) is 2.91. The zero-order valence-electron chi connectivity index (χ0n) is 19.7. The van der Waals surface area contributed by atoms with E-state index in [1.165, 1.54) is 0 Å². The maximum atomic E-state index is 13.1. The fourth-order valence-electron chi connectivity index (χ4n) is 3.58. The number of ketones is 2. The summed E-state index contributed by atoms with van der Waals surface area (Å²) in [5.41, 5.74) is -2.83. The van der Waals surface area contributed by atoms with Crippen LogP contribution < -0.4 is 9.78 Å². The number of benzene rings is 4. The molecule has 14 heteroatoms. The van der Waals surface area contributed by atoms with E-state index in [-0.39, 0.29) is 11.3 Å². The normalized spacial score (nSPS) is 10.7. The maximum absolute atomic E-state index is 13.1. The molecule has 0 heterocycles. The first-order valence-electron chi connectivity index (χ1n) is 10.9. The van der Waals surface area contributed by atoms with E-state index in [1.807, 2.05) is 0 Å². The van der Waals surface area contributed by atoms with Gasteiger partial charge in [0, 0.05) is 11.6 Å². The number of hydrogen-bond acceptors (Lipinski definition) is 14. The van der Waals surface area contributed by atoms with Gasteiger partial charge in [-0.25, -0.2) is 0 Å². The standard InChI is InChI=1S/C26H18O14/c27-10-6-4-9(5-7-10)17(31)15-21(35)23(37)24(38)26(22(15)36)40-39-25-14(30)8-13(29)20(34)16(25)19(33)11-2-1-3-12(28)18(11)32/h1-8,27-30,32,34-38H. The Balaban J connectivity index is 1.81. The predicted octanol–water partition coefficient (Wildman–Crippen LogP) is 2.58. The molecule has 0 unspecified atom stereocenters. The third kappa shape index (κ3) is 4.41. The van der Waals surface area contributed by atoms with Gasteiger partial charge in [0.1, 0.15) is 16.9 Å². The molecule has 40 heavy (non-hydrogen) atoms. The summed E-state index contributed by atoms with van der Waals surface area (Å²) in [5, 5.41) is 101. The van der Waals surface area contributed by atoms with Crippen molar-refractivity contribution in [2.45, 2.75) is 0 Å². The smallest absolute Gasteiger partial charge is 0.266 e. The summed E-state index contributed by atoms with van der Waals surface area (Å²) in [5.74, 6) is -15.1. The number of carbonyl (C=O) groups excluding carboxylic acids is 2. The maximum Gasteiger partial charge on any atom is 0.266 e. The minimum Gasteiger partial charge on any atom is -0.508 e. The Kier molecular flexibility index (Phi) is 6.68. The quantitative estimate of drug-likeness (QED) is 0.0518. The van der Waals surface area contributed by atoms with Gasteiger partial charge in [0.15, 0.2) is 40.2 Å². The molecule has 0 aliphatic rings. The van der Waals surface area contributed by atoms with E-state index in [2.05, 4.69) is 0 Å². The molecule has 4 rings (SSSR count). The first kappa shape index (κ1) is 26.9. The number of carbonyl (C=O) groups is 2. The Morgan fingerprint density at radius 3 is 1.77 bits per heavy atom. The lowest BCUT2D eigenvalue weighted by Gasteiger charge is -2.17. The van der Waals surface area contributed by atoms with E-state index in [0.717, 1.165) is 42.5 Å². The van der Waals surface area contributed by atoms with Gasteiger partial charge < -0.3 is 51.1 Å². The van der Waals surface area contributed by atoms with Gasteiger partial charge in [-0.1, -0.05) is 6.07 Å². The molecule has 4 aromatic rings. The molecule has 0 amide bonds. The van der Waals surface area contributed by atoms with E-state index >= 15 is 0 Å². The van der Waals surface area contributed by atoms with Crippen molar-refractivity contribution in [1.29, 1.82) is 0 Å². The highest BCUT2D eigenvalue weighted by molar-refractivity contribution is 6.15. The van der Waals surface area contributed by atoms with Crippen LogP contribution in [0.15, 0.2) is 48.5 Å². The molecule has 0 spiro atoms. The van der Waals surface area contributed by atoms with Crippen LogP contribution in [-0.2, 0) is 0 Å². The molecule has 14 nitrogen and oxygen atoms in total. The first-order chi connectivity index (χ1) is 18.8. The van der Waals surface area contributed by atoms with E-state index < -0.39 is 91.5 Å². The molecule has 0 radical (unpaired) electrons. The summed E-state index contributed by atoms with van der Waals surface area (Å²) in [6.07, 6.45) is 0. The van der Waals surface area contributed by atoms with Crippen LogP contribution in [0, 0.1) is 0 Å². The van der Waals surface area contributed by atoms with Crippen LogP contribution in [-0.4, -0.2) is 62.6 Å². The second-order valence-electron chi connectivity index (χ2n) is 8.11. The molecule has 0 saturated heterocycles. The second kappa shape index (κ2) is 9.94. The van der Waals surface area contributed by atoms with E-state index in [0.29, 0.717) is 6.07 Å². The molecular formula is C26H18O14. The fourth-order valence-corrected chi connectivity index (χ4v) is 3.58. The van der Waals surface area contributed by atoms with E-state index in [1.54, 1.807) is 0 Å². The van der Waals surface area contributed by atoms with Crippen LogP contribution in [0.4, 0.5) is 0 Å². The van der Waals surface area contributed by atoms with Crippen LogP contribution in [0.5, 0.6) is 69.0 Å². The van der Waals surface area contributed by atoms with Crippen LogP contribution in [0.1, 0.15) is 31.8 Å². The van der Waals surface area contributed by atoms with E-state index in [9.17, 15) is 60.7 Å². The highest BCUT2D eigenvalue weighted by Crippen LogP contribution is 2.53. The van der Waals surface area contributed by atoms with Crippen molar-refractivity contribution in [3.05, 3.63) is 70.8 Å². The van der Waals surface area contributed by atoms with Crippen molar-refractivity contribution < 1.29 is 70.4 Å². The molecule has 0 aliphatic heterocycles. The van der Waals surface area contributed by atoms with Crippen molar-refractivity contribution in [1.82, 2.24) is 0 Å². The predicted molar refractivity (Wildman–Crippen MR) is 131 cm³/mol. The molecule has 0 aliphatic carbocycles. The van der Waals surface area contributed by atoms with E-state index in [4.69, 9.17) is 9.78 Å². The number of phenolic OH excluding ortho intramolecular Hbond substituents is 10. The average molecular weight is 554 g/mol. The van der Waals surface area contributed by atoms with Gasteiger partial charge >= 0.3 is 0 Å². The zero-order chi connectivity index (χ0) is 29.5. The van der Waals surface area contributed by atoms with Gasteiger partial charge in [-0.15, -0.1) is 0 Å². The van der Waals surface area contributed by atoms with Crippen molar-refractivity contribution >= 4 is 11.6 Å². The van der Waals surface area contributed by atoms with Gasteiger partial charge in [-0.05, 0) is 36.4 Å².